The molecular formula is C11H10ClNO3. The van der Waals surface area contributed by atoms with Gasteiger partial charge in [0.2, 0.25) is 5.91 Å². The lowest BCUT2D eigenvalue weighted by atomic mass is 10.2. The van der Waals surface area contributed by atoms with Gasteiger partial charge in [0, 0.05) is 11.6 Å². The minimum absolute atomic E-state index is 0.0375. The molecule has 0 atom stereocenters. The van der Waals surface area contributed by atoms with E-state index in [1.54, 1.807) is 24.3 Å². The molecule has 1 aromatic carbocycles. The Hall–Kier alpha value is -1.81. The second kappa shape index (κ2) is 5.32. The van der Waals surface area contributed by atoms with Crippen LogP contribution in [0, 0.1) is 0 Å². The number of benzene rings is 1. The molecule has 16 heavy (non-hydrogen) atoms. The summed E-state index contributed by atoms with van der Waals surface area (Å²) in [6.45, 7) is 1.34. The molecule has 0 fully saturated rings. The third kappa shape index (κ3) is 3.40. The Balaban J connectivity index is 2.77. The quantitative estimate of drug-likeness (QED) is 0.796. The molecule has 0 spiro atoms. The van der Waals surface area contributed by atoms with Crippen molar-refractivity contribution in [2.75, 3.05) is 5.32 Å². The van der Waals surface area contributed by atoms with Crippen molar-refractivity contribution >= 4 is 29.2 Å². The molecular weight excluding hydrogens is 230 g/mol. The van der Waals surface area contributed by atoms with Gasteiger partial charge in [-0.05, 0) is 19.1 Å². The average molecular weight is 240 g/mol. The van der Waals surface area contributed by atoms with Crippen LogP contribution in [0.1, 0.15) is 6.92 Å². The van der Waals surface area contributed by atoms with Gasteiger partial charge in [0.1, 0.15) is 0 Å². The van der Waals surface area contributed by atoms with Crippen LogP contribution in [0.3, 0.4) is 0 Å². The monoisotopic (exact) mass is 239 g/mol. The Kier molecular flexibility index (Phi) is 4.08. The number of nitrogens with one attached hydrogen (secondary N) is 1. The zero-order chi connectivity index (χ0) is 12.1. The first-order valence-electron chi connectivity index (χ1n) is 4.48. The number of para-hydroxylation sites is 1. The summed E-state index contributed by atoms with van der Waals surface area (Å²) in [5.74, 6) is -1.65. The number of hydrogen-bond acceptors (Lipinski definition) is 2. The zero-order valence-electron chi connectivity index (χ0n) is 8.53. The highest BCUT2D eigenvalue weighted by Gasteiger charge is 2.06. The number of hydrogen-bond donors (Lipinski definition) is 2. The van der Waals surface area contributed by atoms with E-state index in [0.29, 0.717) is 10.7 Å². The van der Waals surface area contributed by atoms with Crippen molar-refractivity contribution in [3.8, 4) is 0 Å². The van der Waals surface area contributed by atoms with E-state index in [9.17, 15) is 9.59 Å². The lowest BCUT2D eigenvalue weighted by Gasteiger charge is -2.04. The summed E-state index contributed by atoms with van der Waals surface area (Å²) in [7, 11) is 0. The smallest absolute Gasteiger partial charge is 0.331 e. The highest BCUT2D eigenvalue weighted by atomic mass is 35.5. The summed E-state index contributed by atoms with van der Waals surface area (Å²) in [4.78, 5) is 21.8. The second-order valence-corrected chi connectivity index (χ2v) is 3.51. The fourth-order valence-corrected chi connectivity index (χ4v) is 1.17. The van der Waals surface area contributed by atoms with Gasteiger partial charge in [0.15, 0.2) is 0 Å². The predicted octanol–water partition coefficient (Wildman–Crippen LogP) is 2.31. The second-order valence-electron chi connectivity index (χ2n) is 3.10. The standard InChI is InChI=1S/C11H10ClNO3/c1-7(11(15)16)6-10(14)13-9-5-3-2-4-8(9)12/h2-6H,1H3,(H,13,14)(H,15,16). The highest BCUT2D eigenvalue weighted by Crippen LogP contribution is 2.20. The molecule has 0 saturated carbocycles. The van der Waals surface area contributed by atoms with Crippen molar-refractivity contribution in [3.05, 3.63) is 40.9 Å². The third-order valence-corrected chi connectivity index (χ3v) is 2.15. The zero-order valence-corrected chi connectivity index (χ0v) is 9.28. The van der Waals surface area contributed by atoms with Crippen molar-refractivity contribution < 1.29 is 14.7 Å². The Morgan fingerprint density at radius 1 is 1.38 bits per heavy atom. The van der Waals surface area contributed by atoms with Crippen molar-refractivity contribution in [3.63, 3.8) is 0 Å². The molecule has 5 heteroatoms. The van der Waals surface area contributed by atoms with Gasteiger partial charge in [-0.2, -0.15) is 0 Å². The van der Waals surface area contributed by atoms with Crippen molar-refractivity contribution in [2.24, 2.45) is 0 Å². The average Bonchev–Trinajstić information content (AvgIpc) is 2.21. The predicted molar refractivity (Wildman–Crippen MR) is 61.5 cm³/mol. The maximum atomic E-state index is 11.4. The molecule has 0 aliphatic rings. The molecule has 84 valence electrons. The number of aliphatic carboxylic acids is 1. The van der Waals surface area contributed by atoms with Crippen LogP contribution in [0.15, 0.2) is 35.9 Å². The van der Waals surface area contributed by atoms with Crippen LogP contribution in [-0.4, -0.2) is 17.0 Å². The third-order valence-electron chi connectivity index (χ3n) is 1.82. The summed E-state index contributed by atoms with van der Waals surface area (Å²) in [6.07, 6.45) is 1.01. The molecule has 0 bridgehead atoms. The van der Waals surface area contributed by atoms with E-state index in [0.717, 1.165) is 6.08 Å². The molecule has 2 N–H and O–H groups in total. The number of rotatable bonds is 3. The Morgan fingerprint density at radius 2 is 2.00 bits per heavy atom. The maximum Gasteiger partial charge on any atom is 0.331 e. The van der Waals surface area contributed by atoms with Crippen LogP contribution < -0.4 is 5.32 Å². The topological polar surface area (TPSA) is 66.4 Å². The van der Waals surface area contributed by atoms with Crippen LogP contribution in [-0.2, 0) is 9.59 Å². The van der Waals surface area contributed by atoms with E-state index in [1.165, 1.54) is 6.92 Å². The lowest BCUT2D eigenvalue weighted by Crippen LogP contribution is -2.11. The van der Waals surface area contributed by atoms with E-state index >= 15 is 0 Å². The largest absolute Gasteiger partial charge is 0.478 e. The number of carboxylic acid groups (broad SMARTS) is 1. The van der Waals surface area contributed by atoms with Gasteiger partial charge in [0.25, 0.3) is 0 Å². The fourth-order valence-electron chi connectivity index (χ4n) is 0.990. The molecule has 0 saturated heterocycles. The number of carbonyl (C=O) groups is 2. The molecule has 0 aliphatic carbocycles. The van der Waals surface area contributed by atoms with Crippen LogP contribution in [0.2, 0.25) is 5.02 Å². The van der Waals surface area contributed by atoms with E-state index < -0.39 is 11.9 Å². The molecule has 0 radical (unpaired) electrons. The van der Waals surface area contributed by atoms with Gasteiger partial charge in [-0.15, -0.1) is 0 Å². The summed E-state index contributed by atoms with van der Waals surface area (Å²) in [6, 6.07) is 6.71. The van der Waals surface area contributed by atoms with Crippen LogP contribution in [0.5, 0.6) is 0 Å². The Bertz CT molecular complexity index is 454. The minimum atomic E-state index is -1.13. The van der Waals surface area contributed by atoms with Crippen LogP contribution in [0.25, 0.3) is 0 Å². The first-order chi connectivity index (χ1) is 7.50. The van der Waals surface area contributed by atoms with Gasteiger partial charge >= 0.3 is 5.97 Å². The first kappa shape index (κ1) is 12.3. The van der Waals surface area contributed by atoms with Crippen molar-refractivity contribution in [1.29, 1.82) is 0 Å². The number of carbonyl (C=O) groups excluding carboxylic acids is 1. The number of carboxylic acids is 1. The van der Waals surface area contributed by atoms with E-state index in [-0.39, 0.29) is 5.57 Å². The molecule has 0 heterocycles. The van der Waals surface area contributed by atoms with Crippen LogP contribution >= 0.6 is 11.6 Å². The van der Waals surface area contributed by atoms with Crippen molar-refractivity contribution in [2.45, 2.75) is 6.92 Å². The summed E-state index contributed by atoms with van der Waals surface area (Å²) < 4.78 is 0. The van der Waals surface area contributed by atoms with E-state index in [2.05, 4.69) is 5.32 Å². The van der Waals surface area contributed by atoms with Gasteiger partial charge < -0.3 is 10.4 Å². The minimum Gasteiger partial charge on any atom is -0.478 e. The molecule has 1 rings (SSSR count). The number of amides is 1. The molecule has 1 aromatic rings. The van der Waals surface area contributed by atoms with Gasteiger partial charge in [0.05, 0.1) is 10.7 Å². The number of anilines is 1. The van der Waals surface area contributed by atoms with Gasteiger partial charge in [-0.1, -0.05) is 23.7 Å². The Labute approximate surface area is 97.5 Å². The van der Waals surface area contributed by atoms with Crippen LogP contribution in [0.4, 0.5) is 5.69 Å². The molecule has 0 aromatic heterocycles. The summed E-state index contributed by atoms with van der Waals surface area (Å²) in [5.41, 5.74) is 0.410. The van der Waals surface area contributed by atoms with Gasteiger partial charge in [-0.25, -0.2) is 4.79 Å². The summed E-state index contributed by atoms with van der Waals surface area (Å²) >= 11 is 5.82. The van der Waals surface area contributed by atoms with Gasteiger partial charge in [-0.3, -0.25) is 4.79 Å². The van der Waals surface area contributed by atoms with Crippen molar-refractivity contribution in [1.82, 2.24) is 0 Å². The molecule has 0 aliphatic heterocycles. The fraction of sp³-hybridized carbons (Fsp3) is 0.0909. The molecule has 0 unspecified atom stereocenters. The van der Waals surface area contributed by atoms with E-state index in [4.69, 9.17) is 16.7 Å². The summed E-state index contributed by atoms with van der Waals surface area (Å²) in [5, 5.41) is 11.5. The van der Waals surface area contributed by atoms with E-state index in [1.807, 2.05) is 0 Å². The maximum absolute atomic E-state index is 11.4. The highest BCUT2D eigenvalue weighted by molar-refractivity contribution is 6.33. The Morgan fingerprint density at radius 3 is 2.56 bits per heavy atom. The normalized spacial score (nSPS) is 11.0. The first-order valence-corrected chi connectivity index (χ1v) is 4.85. The SMILES string of the molecule is CC(=CC(=O)Nc1ccccc1Cl)C(=O)O. The number of halogens is 1. The molecule has 4 nitrogen and oxygen atoms in total. The lowest BCUT2D eigenvalue weighted by molar-refractivity contribution is -0.132. The molecule has 1 amide bonds.